The molecule has 0 saturated heterocycles. The minimum Gasteiger partial charge on any atom is -0.339 e. The molecule has 1 N–H and O–H groups in total. The highest BCUT2D eigenvalue weighted by Gasteiger charge is 2.18. The number of nitrogens with one attached hydrogen (secondary N) is 1. The first kappa shape index (κ1) is 14.7. The fourth-order valence-electron chi connectivity index (χ4n) is 2.00. The number of hydrogen-bond donors (Lipinski definition) is 1. The zero-order valence-corrected chi connectivity index (χ0v) is 12.3. The van der Waals surface area contributed by atoms with Crippen molar-refractivity contribution in [3.8, 4) is 11.5 Å². The summed E-state index contributed by atoms with van der Waals surface area (Å²) in [6, 6.07) is 6.02. The van der Waals surface area contributed by atoms with E-state index in [9.17, 15) is 0 Å². The molecule has 20 heavy (non-hydrogen) atoms. The maximum Gasteiger partial charge on any atom is 0.228 e. The van der Waals surface area contributed by atoms with Crippen LogP contribution >= 0.6 is 0 Å². The number of rotatable bonds is 7. The molecule has 1 unspecified atom stereocenters. The van der Waals surface area contributed by atoms with Crippen LogP contribution in [-0.2, 0) is 6.42 Å². The zero-order chi connectivity index (χ0) is 14.4. The average Bonchev–Trinajstić information content (AvgIpc) is 2.92. The lowest BCUT2D eigenvalue weighted by Gasteiger charge is -2.20. The van der Waals surface area contributed by atoms with Crippen molar-refractivity contribution < 1.29 is 4.52 Å². The Morgan fingerprint density at radius 1 is 1.30 bits per heavy atom. The summed E-state index contributed by atoms with van der Waals surface area (Å²) in [6.07, 6.45) is 3.59. The topological polar surface area (TPSA) is 63.8 Å². The summed E-state index contributed by atoms with van der Waals surface area (Å²) in [7, 11) is 0. The fraction of sp³-hybridized carbons (Fsp3) is 0.533. The predicted octanol–water partition coefficient (Wildman–Crippen LogP) is 2.70. The molecule has 1 atom stereocenters. The Kier molecular flexibility index (Phi) is 5.24. The van der Waals surface area contributed by atoms with Gasteiger partial charge in [0.2, 0.25) is 11.7 Å². The Bertz CT molecular complexity index is 510. The monoisotopic (exact) mass is 274 g/mol. The molecule has 0 aliphatic carbocycles. The lowest BCUT2D eigenvalue weighted by Crippen LogP contribution is -2.36. The molecule has 0 aliphatic rings. The van der Waals surface area contributed by atoms with Gasteiger partial charge in [0.1, 0.15) is 5.69 Å². The Hall–Kier alpha value is -1.75. The summed E-state index contributed by atoms with van der Waals surface area (Å²) in [5, 5.41) is 7.53. The van der Waals surface area contributed by atoms with Gasteiger partial charge in [-0.3, -0.25) is 4.98 Å². The van der Waals surface area contributed by atoms with Crippen LogP contribution in [0, 0.1) is 5.92 Å². The maximum absolute atomic E-state index is 5.34. The summed E-state index contributed by atoms with van der Waals surface area (Å²) in [4.78, 5) is 8.66. The second-order valence-electron chi connectivity index (χ2n) is 5.24. The minimum absolute atomic E-state index is 0.354. The first-order valence-corrected chi connectivity index (χ1v) is 7.18. The smallest absolute Gasteiger partial charge is 0.228 e. The van der Waals surface area contributed by atoms with Gasteiger partial charge in [0.25, 0.3) is 0 Å². The lowest BCUT2D eigenvalue weighted by molar-refractivity contribution is 0.326. The molecular formula is C15H22N4O. The quantitative estimate of drug-likeness (QED) is 0.841. The van der Waals surface area contributed by atoms with Crippen LogP contribution in [0.5, 0.6) is 0 Å². The van der Waals surface area contributed by atoms with Crippen molar-refractivity contribution in [3.05, 3.63) is 30.3 Å². The van der Waals surface area contributed by atoms with Crippen LogP contribution in [0.3, 0.4) is 0 Å². The van der Waals surface area contributed by atoms with E-state index >= 15 is 0 Å². The van der Waals surface area contributed by atoms with Crippen LogP contribution in [0.25, 0.3) is 11.5 Å². The molecule has 5 heteroatoms. The van der Waals surface area contributed by atoms with Crippen molar-refractivity contribution in [1.82, 2.24) is 20.4 Å². The van der Waals surface area contributed by atoms with Crippen molar-refractivity contribution >= 4 is 0 Å². The van der Waals surface area contributed by atoms with Gasteiger partial charge in [-0.2, -0.15) is 4.98 Å². The van der Waals surface area contributed by atoms with Gasteiger partial charge in [-0.05, 0) is 31.0 Å². The molecule has 0 amide bonds. The van der Waals surface area contributed by atoms with Gasteiger partial charge in [-0.15, -0.1) is 0 Å². The van der Waals surface area contributed by atoms with Crippen molar-refractivity contribution in [1.29, 1.82) is 0 Å². The second-order valence-corrected chi connectivity index (χ2v) is 5.24. The molecule has 2 aromatic rings. The summed E-state index contributed by atoms with van der Waals surface area (Å²) in [5.74, 6) is 1.73. The van der Waals surface area contributed by atoms with Gasteiger partial charge in [-0.25, -0.2) is 0 Å². The van der Waals surface area contributed by atoms with E-state index < -0.39 is 0 Å². The number of hydrogen-bond acceptors (Lipinski definition) is 5. The molecule has 0 bridgehead atoms. The average molecular weight is 274 g/mol. The van der Waals surface area contributed by atoms with Crippen LogP contribution in [-0.4, -0.2) is 27.7 Å². The van der Waals surface area contributed by atoms with Crippen LogP contribution < -0.4 is 5.32 Å². The first-order chi connectivity index (χ1) is 9.70. The highest BCUT2D eigenvalue weighted by atomic mass is 16.5. The fourth-order valence-corrected chi connectivity index (χ4v) is 2.00. The highest BCUT2D eigenvalue weighted by molar-refractivity contribution is 5.47. The number of nitrogens with zero attached hydrogens (tertiary/aromatic N) is 3. The zero-order valence-electron chi connectivity index (χ0n) is 12.3. The summed E-state index contributed by atoms with van der Waals surface area (Å²) in [6.45, 7) is 7.56. The summed E-state index contributed by atoms with van der Waals surface area (Å²) in [5.41, 5.74) is 0.741. The minimum atomic E-state index is 0.354. The van der Waals surface area contributed by atoms with Crippen molar-refractivity contribution in [2.75, 3.05) is 6.54 Å². The van der Waals surface area contributed by atoms with E-state index in [-0.39, 0.29) is 0 Å². The van der Waals surface area contributed by atoms with Gasteiger partial charge in [0.15, 0.2) is 0 Å². The Balaban J connectivity index is 2.04. The van der Waals surface area contributed by atoms with Crippen molar-refractivity contribution in [3.63, 3.8) is 0 Å². The van der Waals surface area contributed by atoms with Crippen LogP contribution in [0.4, 0.5) is 0 Å². The van der Waals surface area contributed by atoms with E-state index in [1.165, 1.54) is 0 Å². The van der Waals surface area contributed by atoms with E-state index in [4.69, 9.17) is 4.52 Å². The Morgan fingerprint density at radius 3 is 2.80 bits per heavy atom. The third-order valence-electron chi connectivity index (χ3n) is 3.22. The van der Waals surface area contributed by atoms with Crippen LogP contribution in [0.1, 0.15) is 33.1 Å². The van der Waals surface area contributed by atoms with Gasteiger partial charge in [-0.1, -0.05) is 32.0 Å². The SMILES string of the molecule is CCCNC(Cc1nc(-c2ccccn2)no1)C(C)C. The van der Waals surface area contributed by atoms with Crippen molar-refractivity contribution in [2.45, 2.75) is 39.7 Å². The predicted molar refractivity (Wildman–Crippen MR) is 78.2 cm³/mol. The van der Waals surface area contributed by atoms with E-state index in [0.717, 1.165) is 25.1 Å². The van der Waals surface area contributed by atoms with E-state index in [1.807, 2.05) is 18.2 Å². The Labute approximate surface area is 119 Å². The molecule has 0 fully saturated rings. The molecule has 0 spiro atoms. The third kappa shape index (κ3) is 3.87. The van der Waals surface area contributed by atoms with E-state index in [0.29, 0.717) is 23.7 Å². The molecule has 2 rings (SSSR count). The molecule has 0 aliphatic heterocycles. The van der Waals surface area contributed by atoms with Gasteiger partial charge in [0, 0.05) is 18.7 Å². The number of aromatic nitrogens is 3. The van der Waals surface area contributed by atoms with Crippen LogP contribution in [0.15, 0.2) is 28.9 Å². The number of pyridine rings is 1. The molecule has 0 saturated carbocycles. The summed E-state index contributed by atoms with van der Waals surface area (Å²) < 4.78 is 5.34. The normalized spacial score (nSPS) is 12.8. The molecule has 108 valence electrons. The lowest BCUT2D eigenvalue weighted by atomic mass is 10.0. The van der Waals surface area contributed by atoms with Crippen LogP contribution in [0.2, 0.25) is 0 Å². The molecular weight excluding hydrogens is 252 g/mol. The molecule has 0 aromatic carbocycles. The second kappa shape index (κ2) is 7.14. The maximum atomic E-state index is 5.34. The summed E-state index contributed by atoms with van der Waals surface area (Å²) >= 11 is 0. The molecule has 5 nitrogen and oxygen atoms in total. The highest BCUT2D eigenvalue weighted by Crippen LogP contribution is 2.14. The largest absolute Gasteiger partial charge is 0.339 e. The Morgan fingerprint density at radius 2 is 2.15 bits per heavy atom. The molecule has 2 heterocycles. The van der Waals surface area contributed by atoms with Gasteiger partial charge < -0.3 is 9.84 Å². The van der Waals surface area contributed by atoms with E-state index in [2.05, 4.69) is 41.2 Å². The standard InChI is InChI=1S/C15H22N4O/c1-4-8-16-13(11(2)3)10-14-18-15(19-20-14)12-7-5-6-9-17-12/h5-7,9,11,13,16H,4,8,10H2,1-3H3. The molecule has 2 aromatic heterocycles. The van der Waals surface area contributed by atoms with Crippen molar-refractivity contribution in [2.24, 2.45) is 5.92 Å². The van der Waals surface area contributed by atoms with Gasteiger partial charge >= 0.3 is 0 Å². The van der Waals surface area contributed by atoms with E-state index in [1.54, 1.807) is 6.20 Å². The van der Waals surface area contributed by atoms with Gasteiger partial charge in [0.05, 0.1) is 0 Å². The molecule has 0 radical (unpaired) electrons. The third-order valence-corrected chi connectivity index (χ3v) is 3.22. The first-order valence-electron chi connectivity index (χ1n) is 7.18.